The number of nitrogens with one attached hydrogen (secondary N) is 1. The lowest BCUT2D eigenvalue weighted by atomic mass is 10.2. The van der Waals surface area contributed by atoms with Gasteiger partial charge in [-0.15, -0.1) is 0 Å². The Kier molecular flexibility index (Phi) is 5.39. The van der Waals surface area contributed by atoms with Gasteiger partial charge in [-0.3, -0.25) is 5.32 Å². The van der Waals surface area contributed by atoms with Gasteiger partial charge < -0.3 is 9.47 Å². The van der Waals surface area contributed by atoms with Crippen LogP contribution >= 0.6 is 0 Å². The van der Waals surface area contributed by atoms with E-state index in [1.165, 1.54) is 6.08 Å². The Bertz CT molecular complexity index is 345. The van der Waals surface area contributed by atoms with Crippen LogP contribution in [0.2, 0.25) is 0 Å². The van der Waals surface area contributed by atoms with E-state index in [4.69, 9.17) is 9.47 Å². The average molecular weight is 257 g/mol. The molecule has 5 heteroatoms. The summed E-state index contributed by atoms with van der Waals surface area (Å²) in [4.78, 5) is 23.2. The van der Waals surface area contributed by atoms with Crippen molar-refractivity contribution in [3.63, 3.8) is 0 Å². The lowest BCUT2D eigenvalue weighted by Gasteiger charge is -2.22. The molecule has 0 radical (unpaired) electrons. The van der Waals surface area contributed by atoms with E-state index in [1.54, 1.807) is 48.5 Å². The summed E-state index contributed by atoms with van der Waals surface area (Å²) in [5.74, 6) is -0.587. The van der Waals surface area contributed by atoms with Gasteiger partial charge in [-0.25, -0.2) is 9.59 Å². The molecule has 0 aromatic rings. The van der Waals surface area contributed by atoms with Crippen LogP contribution in [0.1, 0.15) is 48.5 Å². The van der Waals surface area contributed by atoms with Crippen LogP contribution in [0, 0.1) is 0 Å². The molecule has 0 spiro atoms. The smallest absolute Gasteiger partial charge is 0.412 e. The normalized spacial score (nSPS) is 12.9. The molecule has 5 nitrogen and oxygen atoms in total. The number of alkyl carbamates (subject to hydrolysis) is 1. The maximum atomic E-state index is 11.7. The largest absolute Gasteiger partial charge is 0.455 e. The first kappa shape index (κ1) is 16.5. The molecular weight excluding hydrogens is 234 g/mol. The van der Waals surface area contributed by atoms with E-state index in [-0.39, 0.29) is 5.70 Å². The third kappa shape index (κ3) is 7.70. The van der Waals surface area contributed by atoms with Crippen molar-refractivity contribution < 1.29 is 19.1 Å². The molecule has 0 fully saturated rings. The maximum Gasteiger partial charge on any atom is 0.412 e. The highest BCUT2D eigenvalue weighted by Gasteiger charge is 2.23. The predicted molar refractivity (Wildman–Crippen MR) is 69.0 cm³/mol. The molecule has 0 unspecified atom stereocenters. The van der Waals surface area contributed by atoms with E-state index in [9.17, 15) is 9.59 Å². The Morgan fingerprint density at radius 1 is 0.944 bits per heavy atom. The summed E-state index contributed by atoms with van der Waals surface area (Å²) in [6, 6.07) is 0. The Labute approximate surface area is 109 Å². The summed E-state index contributed by atoms with van der Waals surface area (Å²) in [5, 5.41) is 2.37. The molecule has 18 heavy (non-hydrogen) atoms. The van der Waals surface area contributed by atoms with E-state index >= 15 is 0 Å². The number of ether oxygens (including phenoxy) is 2. The average Bonchev–Trinajstić information content (AvgIpc) is 2.07. The molecule has 104 valence electrons. The SMILES string of the molecule is C/C=C(\NC(=O)OC(C)(C)C)C(=O)OC(C)(C)C. The third-order valence-corrected chi connectivity index (χ3v) is 1.54. The molecule has 0 rings (SSSR count). The van der Waals surface area contributed by atoms with Gasteiger partial charge in [0.25, 0.3) is 0 Å². The van der Waals surface area contributed by atoms with Gasteiger partial charge in [0.15, 0.2) is 0 Å². The number of carbonyl (C=O) groups is 2. The molecule has 0 saturated carbocycles. The monoisotopic (exact) mass is 257 g/mol. The van der Waals surface area contributed by atoms with Crippen LogP contribution in [-0.2, 0) is 14.3 Å². The zero-order chi connectivity index (χ0) is 14.6. The second-order valence-electron chi connectivity index (χ2n) is 5.83. The van der Waals surface area contributed by atoms with Crippen LogP contribution in [0.15, 0.2) is 11.8 Å². The van der Waals surface area contributed by atoms with Gasteiger partial charge >= 0.3 is 12.1 Å². The molecule has 0 saturated heterocycles. The Hall–Kier alpha value is -1.52. The zero-order valence-electron chi connectivity index (χ0n) is 12.2. The number of amides is 1. The lowest BCUT2D eigenvalue weighted by molar-refractivity contribution is -0.150. The molecule has 0 atom stereocenters. The van der Waals surface area contributed by atoms with Gasteiger partial charge in [0.05, 0.1) is 0 Å². The first-order chi connectivity index (χ1) is 7.94. The molecule has 0 aromatic carbocycles. The van der Waals surface area contributed by atoms with Crippen LogP contribution in [0.4, 0.5) is 4.79 Å². The van der Waals surface area contributed by atoms with Crippen LogP contribution < -0.4 is 5.32 Å². The topological polar surface area (TPSA) is 64.6 Å². The molecule has 0 heterocycles. The molecule has 0 aromatic heterocycles. The highest BCUT2D eigenvalue weighted by Crippen LogP contribution is 2.11. The summed E-state index contributed by atoms with van der Waals surface area (Å²) < 4.78 is 10.2. The molecule has 0 aliphatic rings. The van der Waals surface area contributed by atoms with Gasteiger partial charge in [0, 0.05) is 0 Å². The highest BCUT2D eigenvalue weighted by atomic mass is 16.6. The summed E-state index contributed by atoms with van der Waals surface area (Å²) in [6.07, 6.45) is 0.791. The van der Waals surface area contributed by atoms with Crippen molar-refractivity contribution in [2.24, 2.45) is 0 Å². The number of rotatable bonds is 2. The second-order valence-corrected chi connectivity index (χ2v) is 5.83. The van der Waals surface area contributed by atoms with Crippen molar-refractivity contribution in [1.82, 2.24) is 5.32 Å². The number of carbonyl (C=O) groups excluding carboxylic acids is 2. The van der Waals surface area contributed by atoms with Crippen LogP contribution in [0.25, 0.3) is 0 Å². The molecule has 0 aliphatic heterocycles. The quantitative estimate of drug-likeness (QED) is 0.610. The summed E-state index contributed by atoms with van der Waals surface area (Å²) in [6.45, 7) is 12.1. The molecule has 0 bridgehead atoms. The minimum atomic E-state index is -0.679. The minimum Gasteiger partial charge on any atom is -0.455 e. The summed E-state index contributed by atoms with van der Waals surface area (Å²) >= 11 is 0. The van der Waals surface area contributed by atoms with Crippen LogP contribution in [0.3, 0.4) is 0 Å². The van der Waals surface area contributed by atoms with Crippen LogP contribution in [0.5, 0.6) is 0 Å². The summed E-state index contributed by atoms with van der Waals surface area (Å²) in [5.41, 5.74) is -1.16. The predicted octanol–water partition coefficient (Wildman–Crippen LogP) is 2.76. The Balaban J connectivity index is 4.55. The second kappa shape index (κ2) is 5.89. The van der Waals surface area contributed by atoms with E-state index in [1.807, 2.05) is 0 Å². The van der Waals surface area contributed by atoms with E-state index < -0.39 is 23.3 Å². The Morgan fingerprint density at radius 3 is 1.72 bits per heavy atom. The standard InChI is InChI=1S/C13H23NO4/c1-8-9(10(15)17-12(2,3)4)14-11(16)18-13(5,6)7/h8H,1-7H3,(H,14,16)/b9-8-. The van der Waals surface area contributed by atoms with Crippen molar-refractivity contribution in [3.8, 4) is 0 Å². The van der Waals surface area contributed by atoms with Crippen LogP contribution in [-0.4, -0.2) is 23.3 Å². The first-order valence-corrected chi connectivity index (χ1v) is 5.84. The van der Waals surface area contributed by atoms with Crippen molar-refractivity contribution >= 4 is 12.1 Å². The lowest BCUT2D eigenvalue weighted by Crippen LogP contribution is -2.36. The molecule has 0 aliphatic carbocycles. The number of esters is 1. The third-order valence-electron chi connectivity index (χ3n) is 1.54. The van der Waals surface area contributed by atoms with Gasteiger partial charge in [-0.1, -0.05) is 6.08 Å². The maximum absolute atomic E-state index is 11.7. The fourth-order valence-electron chi connectivity index (χ4n) is 0.988. The molecular formula is C13H23NO4. The minimum absolute atomic E-state index is 0.0687. The van der Waals surface area contributed by atoms with Crippen molar-refractivity contribution in [2.45, 2.75) is 59.7 Å². The van der Waals surface area contributed by atoms with Crippen molar-refractivity contribution in [1.29, 1.82) is 0 Å². The Morgan fingerprint density at radius 2 is 1.39 bits per heavy atom. The van der Waals surface area contributed by atoms with E-state index in [0.29, 0.717) is 0 Å². The molecule has 1 amide bonds. The van der Waals surface area contributed by atoms with E-state index in [0.717, 1.165) is 0 Å². The van der Waals surface area contributed by atoms with Crippen molar-refractivity contribution in [3.05, 3.63) is 11.8 Å². The highest BCUT2D eigenvalue weighted by molar-refractivity contribution is 5.92. The fourth-order valence-corrected chi connectivity index (χ4v) is 0.988. The number of hydrogen-bond donors (Lipinski definition) is 1. The zero-order valence-corrected chi connectivity index (χ0v) is 12.2. The fraction of sp³-hybridized carbons (Fsp3) is 0.692. The molecule has 1 N–H and O–H groups in total. The number of hydrogen-bond acceptors (Lipinski definition) is 4. The van der Waals surface area contributed by atoms with Gasteiger partial charge in [0.2, 0.25) is 0 Å². The van der Waals surface area contributed by atoms with Crippen molar-refractivity contribution in [2.75, 3.05) is 0 Å². The first-order valence-electron chi connectivity index (χ1n) is 5.84. The van der Waals surface area contributed by atoms with E-state index in [2.05, 4.69) is 5.32 Å². The van der Waals surface area contributed by atoms with Gasteiger partial charge in [-0.2, -0.15) is 0 Å². The number of allylic oxidation sites excluding steroid dienone is 1. The summed E-state index contributed by atoms with van der Waals surface area (Å²) in [7, 11) is 0. The van der Waals surface area contributed by atoms with Gasteiger partial charge in [-0.05, 0) is 48.5 Å². The van der Waals surface area contributed by atoms with Gasteiger partial charge in [0.1, 0.15) is 16.9 Å².